The molecule has 0 bridgehead atoms. The summed E-state index contributed by atoms with van der Waals surface area (Å²) in [5.74, 6) is -0.151. The second kappa shape index (κ2) is 4.38. The number of hydrogen-bond donors (Lipinski definition) is 0. The van der Waals surface area contributed by atoms with Crippen LogP contribution in [-0.2, 0) is 6.18 Å². The van der Waals surface area contributed by atoms with Gasteiger partial charge in [0.15, 0.2) is 0 Å². The predicted molar refractivity (Wildman–Crippen MR) is 52.7 cm³/mol. The summed E-state index contributed by atoms with van der Waals surface area (Å²) in [7, 11) is 0. The molecule has 0 atom stereocenters. The second-order valence-corrected chi connectivity index (χ2v) is 2.86. The van der Waals surface area contributed by atoms with Crippen LogP contribution >= 0.6 is 0 Å². The van der Waals surface area contributed by atoms with Gasteiger partial charge in [-0.1, -0.05) is 24.8 Å². The molecule has 0 amide bonds. The molecule has 4 heteroatoms. The first-order chi connectivity index (χ1) is 7.00. The van der Waals surface area contributed by atoms with Crippen LogP contribution < -0.4 is 4.74 Å². The molecule has 1 rings (SSSR count). The van der Waals surface area contributed by atoms with Gasteiger partial charge < -0.3 is 4.74 Å². The van der Waals surface area contributed by atoms with Gasteiger partial charge in [-0.15, -0.1) is 0 Å². The molecule has 0 radical (unpaired) electrons. The molecular weight excluding hydrogens is 205 g/mol. The van der Waals surface area contributed by atoms with Crippen molar-refractivity contribution in [3.63, 3.8) is 0 Å². The third kappa shape index (κ3) is 2.52. The first-order valence-corrected chi connectivity index (χ1v) is 4.46. The number of benzene rings is 1. The molecule has 0 heterocycles. The fourth-order valence-corrected chi connectivity index (χ4v) is 1.30. The van der Waals surface area contributed by atoms with E-state index in [1.165, 1.54) is 24.3 Å². The quantitative estimate of drug-likeness (QED) is 0.747. The van der Waals surface area contributed by atoms with Crippen LogP contribution in [0.25, 0.3) is 6.08 Å². The molecule has 0 aliphatic carbocycles. The van der Waals surface area contributed by atoms with Crippen LogP contribution in [0.5, 0.6) is 5.75 Å². The summed E-state index contributed by atoms with van der Waals surface area (Å²) in [6, 6.07) is 4.18. The van der Waals surface area contributed by atoms with Gasteiger partial charge in [-0.05, 0) is 18.6 Å². The molecule has 0 aromatic heterocycles. The summed E-state index contributed by atoms with van der Waals surface area (Å²) in [5.41, 5.74) is -0.727. The zero-order valence-corrected chi connectivity index (χ0v) is 8.27. The summed E-state index contributed by atoms with van der Waals surface area (Å²) < 4.78 is 43.0. The highest BCUT2D eigenvalue weighted by Crippen LogP contribution is 2.39. The van der Waals surface area contributed by atoms with Crippen molar-refractivity contribution >= 4 is 6.08 Å². The average Bonchev–Trinajstić information content (AvgIpc) is 2.16. The Morgan fingerprint density at radius 2 is 2.07 bits per heavy atom. The van der Waals surface area contributed by atoms with Gasteiger partial charge in [-0.2, -0.15) is 13.2 Å². The number of halogens is 3. The van der Waals surface area contributed by atoms with E-state index < -0.39 is 11.7 Å². The van der Waals surface area contributed by atoms with E-state index in [1.54, 1.807) is 6.92 Å². The smallest absolute Gasteiger partial charge is 0.420 e. The van der Waals surface area contributed by atoms with Crippen LogP contribution in [0.15, 0.2) is 24.8 Å². The van der Waals surface area contributed by atoms with Crippen LogP contribution in [0.4, 0.5) is 13.2 Å². The highest BCUT2D eigenvalue weighted by atomic mass is 19.4. The van der Waals surface area contributed by atoms with Gasteiger partial charge in [0, 0.05) is 0 Å². The Morgan fingerprint density at radius 1 is 1.40 bits per heavy atom. The maximum Gasteiger partial charge on any atom is 0.420 e. The Bertz CT molecular complexity index is 355. The van der Waals surface area contributed by atoms with Gasteiger partial charge in [0.05, 0.1) is 6.61 Å². The minimum atomic E-state index is -4.42. The lowest BCUT2D eigenvalue weighted by atomic mass is 10.1. The fraction of sp³-hybridized carbons (Fsp3) is 0.273. The maximum atomic E-state index is 12.7. The number of alkyl halides is 3. The molecule has 1 aromatic rings. The lowest BCUT2D eigenvalue weighted by Crippen LogP contribution is -2.10. The van der Waals surface area contributed by atoms with Gasteiger partial charge in [0.25, 0.3) is 0 Å². The van der Waals surface area contributed by atoms with Crippen molar-refractivity contribution < 1.29 is 17.9 Å². The van der Waals surface area contributed by atoms with E-state index in [9.17, 15) is 13.2 Å². The van der Waals surface area contributed by atoms with Crippen LogP contribution in [0, 0.1) is 0 Å². The molecule has 0 aliphatic rings. The molecule has 0 spiro atoms. The first-order valence-electron chi connectivity index (χ1n) is 4.46. The molecule has 0 saturated carbocycles. The molecule has 1 aromatic carbocycles. The SMILES string of the molecule is C=Cc1cccc(OCC)c1C(F)(F)F. The number of hydrogen-bond acceptors (Lipinski definition) is 1. The van der Waals surface area contributed by atoms with Crippen molar-refractivity contribution in [2.24, 2.45) is 0 Å². The molecule has 0 aliphatic heterocycles. The van der Waals surface area contributed by atoms with Crippen LogP contribution in [0.1, 0.15) is 18.1 Å². The van der Waals surface area contributed by atoms with Crippen molar-refractivity contribution in [3.8, 4) is 5.75 Å². The van der Waals surface area contributed by atoms with Gasteiger partial charge in [-0.25, -0.2) is 0 Å². The van der Waals surface area contributed by atoms with Crippen molar-refractivity contribution in [2.45, 2.75) is 13.1 Å². The first kappa shape index (κ1) is 11.6. The zero-order chi connectivity index (χ0) is 11.5. The summed E-state index contributed by atoms with van der Waals surface area (Å²) in [4.78, 5) is 0. The normalized spacial score (nSPS) is 11.2. The molecule has 0 fully saturated rings. The zero-order valence-electron chi connectivity index (χ0n) is 8.27. The Morgan fingerprint density at radius 3 is 2.53 bits per heavy atom. The Labute approximate surface area is 86.2 Å². The molecule has 82 valence electrons. The van der Waals surface area contributed by atoms with Crippen LogP contribution in [-0.4, -0.2) is 6.61 Å². The lowest BCUT2D eigenvalue weighted by Gasteiger charge is -2.15. The van der Waals surface area contributed by atoms with Crippen molar-refractivity contribution in [1.29, 1.82) is 0 Å². The van der Waals surface area contributed by atoms with Crippen LogP contribution in [0.2, 0.25) is 0 Å². The Hall–Kier alpha value is -1.45. The van der Waals surface area contributed by atoms with E-state index in [-0.39, 0.29) is 17.9 Å². The third-order valence-corrected chi connectivity index (χ3v) is 1.86. The Balaban J connectivity index is 3.33. The van der Waals surface area contributed by atoms with E-state index in [0.29, 0.717) is 0 Å². The minimum Gasteiger partial charge on any atom is -0.493 e. The molecule has 0 N–H and O–H groups in total. The third-order valence-electron chi connectivity index (χ3n) is 1.86. The van der Waals surface area contributed by atoms with Crippen molar-refractivity contribution in [2.75, 3.05) is 6.61 Å². The maximum absolute atomic E-state index is 12.7. The average molecular weight is 216 g/mol. The van der Waals surface area contributed by atoms with Crippen molar-refractivity contribution in [3.05, 3.63) is 35.9 Å². The monoisotopic (exact) mass is 216 g/mol. The van der Waals surface area contributed by atoms with E-state index in [0.717, 1.165) is 0 Å². The topological polar surface area (TPSA) is 9.23 Å². The summed E-state index contributed by atoms with van der Waals surface area (Å²) >= 11 is 0. The molecule has 0 unspecified atom stereocenters. The Kier molecular flexibility index (Phi) is 3.39. The minimum absolute atomic E-state index is 0.0356. The summed E-state index contributed by atoms with van der Waals surface area (Å²) in [6.07, 6.45) is -3.25. The van der Waals surface area contributed by atoms with Gasteiger partial charge in [0.1, 0.15) is 11.3 Å². The fourth-order valence-electron chi connectivity index (χ4n) is 1.30. The predicted octanol–water partition coefficient (Wildman–Crippen LogP) is 3.75. The van der Waals surface area contributed by atoms with E-state index in [4.69, 9.17) is 4.74 Å². The number of rotatable bonds is 3. The number of ether oxygens (including phenoxy) is 1. The van der Waals surface area contributed by atoms with E-state index in [2.05, 4.69) is 6.58 Å². The summed E-state index contributed by atoms with van der Waals surface area (Å²) in [6.45, 7) is 5.19. The highest BCUT2D eigenvalue weighted by molar-refractivity contribution is 5.57. The standard InChI is InChI=1S/C11H11F3O/c1-3-8-6-5-7-9(15-4-2)10(8)11(12,13)14/h3,5-7H,1,4H2,2H3. The van der Waals surface area contributed by atoms with Gasteiger partial charge in [-0.3, -0.25) is 0 Å². The van der Waals surface area contributed by atoms with Gasteiger partial charge in [0.2, 0.25) is 0 Å². The summed E-state index contributed by atoms with van der Waals surface area (Å²) in [5, 5.41) is 0. The van der Waals surface area contributed by atoms with Crippen LogP contribution in [0.3, 0.4) is 0 Å². The molecule has 1 nitrogen and oxygen atoms in total. The molecule has 0 saturated heterocycles. The second-order valence-electron chi connectivity index (χ2n) is 2.86. The van der Waals surface area contributed by atoms with Gasteiger partial charge >= 0.3 is 6.18 Å². The molecule has 15 heavy (non-hydrogen) atoms. The molecular formula is C11H11F3O. The largest absolute Gasteiger partial charge is 0.493 e. The van der Waals surface area contributed by atoms with Crippen molar-refractivity contribution in [1.82, 2.24) is 0 Å². The highest BCUT2D eigenvalue weighted by Gasteiger charge is 2.36. The lowest BCUT2D eigenvalue weighted by molar-refractivity contribution is -0.139. The van der Waals surface area contributed by atoms with E-state index >= 15 is 0 Å². The van der Waals surface area contributed by atoms with E-state index in [1.807, 2.05) is 0 Å².